The molecule has 0 aromatic carbocycles. The monoisotopic (exact) mass is 1280 g/mol. The van der Waals surface area contributed by atoms with E-state index in [1.165, 1.54) is 21.0 Å². The second-order valence-corrected chi connectivity index (χ2v) is 28.6. The fourth-order valence-electron chi connectivity index (χ4n) is 18.0. The summed E-state index contributed by atoms with van der Waals surface area (Å²) in [5.41, 5.74) is -4.75. The van der Waals surface area contributed by atoms with Gasteiger partial charge in [-0.2, -0.15) is 0 Å². The van der Waals surface area contributed by atoms with Crippen LogP contribution in [0.5, 0.6) is 0 Å². The lowest BCUT2D eigenvalue weighted by atomic mass is 9.33. The van der Waals surface area contributed by atoms with Gasteiger partial charge >= 0.3 is 11.9 Å². The van der Waals surface area contributed by atoms with E-state index in [0.717, 1.165) is 5.57 Å². The molecule has 0 aromatic rings. The number of esters is 2. The van der Waals surface area contributed by atoms with Gasteiger partial charge in [-0.1, -0.05) is 39.3 Å². The standard InChI is InChI=1S/C60H96O29/c1-23-33(65)39(71)46(87-49-44(76)40(72)45(24(2)82-49)86-48-41(73)36(68)30(21-80-48)85-50-42(74)37(69)34(66)28(19-61)83-50)52(81-23)89-54(78)59-14-13-55(3,4)17-26(59)25-9-10-31-56(5)18-27(64)47(88-51-43(75)38(70)35(67)29(20-62)84-51)58(7,53(77)79-8)32(56)11-12-57(31,6)60(25,22-63)16-15-59/h9,23-24,26-52,61-76H,10-22H2,1-8H3/t23-,24+,26+,27+,28-,29-,30-,31-,32-,33+,34+,35-,36+,37+,38+,39+,40+,41-,42-,43-,44-,45+,46-,47+,48+,49+,50+,51+,52+,56-,57-,58+,59+,60+/m1/s1. The largest absolute Gasteiger partial charge is 0.469 e. The number of hydrogen-bond acceptors (Lipinski definition) is 29. The summed E-state index contributed by atoms with van der Waals surface area (Å²) in [6.07, 6.45) is -37.1. The Morgan fingerprint density at radius 3 is 1.71 bits per heavy atom. The van der Waals surface area contributed by atoms with Crippen molar-refractivity contribution < 1.29 is 143 Å². The van der Waals surface area contributed by atoms with Gasteiger partial charge < -0.3 is 134 Å². The second kappa shape index (κ2) is 25.7. The van der Waals surface area contributed by atoms with Gasteiger partial charge in [-0.3, -0.25) is 9.59 Å². The van der Waals surface area contributed by atoms with Gasteiger partial charge in [-0.15, -0.1) is 0 Å². The summed E-state index contributed by atoms with van der Waals surface area (Å²) in [7, 11) is 1.23. The minimum absolute atomic E-state index is 0.0887. The van der Waals surface area contributed by atoms with Gasteiger partial charge in [0.2, 0.25) is 6.29 Å². The van der Waals surface area contributed by atoms with Crippen LogP contribution in [0.15, 0.2) is 11.6 Å². The van der Waals surface area contributed by atoms with Crippen molar-refractivity contribution in [2.75, 3.05) is 33.5 Å². The van der Waals surface area contributed by atoms with Crippen LogP contribution in [0.3, 0.4) is 0 Å². The van der Waals surface area contributed by atoms with E-state index in [-0.39, 0.29) is 30.8 Å². The molecule has 10 rings (SSSR count). The first-order valence-corrected chi connectivity index (χ1v) is 31.3. The first kappa shape index (κ1) is 69.5. The van der Waals surface area contributed by atoms with E-state index in [1.807, 2.05) is 6.92 Å². The molecule has 29 nitrogen and oxygen atoms in total. The number of carbonyl (C=O) groups is 2. The molecule has 10 aliphatic rings. The van der Waals surface area contributed by atoms with E-state index in [9.17, 15) is 86.5 Å². The van der Waals surface area contributed by atoms with Gasteiger partial charge in [0.1, 0.15) is 104 Å². The molecule has 0 aromatic heterocycles. The van der Waals surface area contributed by atoms with Gasteiger partial charge in [0.15, 0.2) is 31.3 Å². The van der Waals surface area contributed by atoms with Crippen LogP contribution in [0.2, 0.25) is 0 Å². The number of fused-ring (bicyclic) bond motifs is 7. The quantitative estimate of drug-likeness (QED) is 0.0443. The van der Waals surface area contributed by atoms with Crippen LogP contribution < -0.4 is 0 Å². The predicted octanol–water partition coefficient (Wildman–Crippen LogP) is -4.42. The van der Waals surface area contributed by atoms with Crippen molar-refractivity contribution in [3.8, 4) is 0 Å². The van der Waals surface area contributed by atoms with Crippen LogP contribution in [0, 0.1) is 50.2 Å². The van der Waals surface area contributed by atoms with Crippen molar-refractivity contribution in [3.63, 3.8) is 0 Å². The molecule has 5 aliphatic carbocycles. The molecule has 16 N–H and O–H groups in total. The Morgan fingerprint density at radius 1 is 0.551 bits per heavy atom. The molecule has 0 radical (unpaired) electrons. The number of methoxy groups -OCH3 is 1. The predicted molar refractivity (Wildman–Crippen MR) is 296 cm³/mol. The molecule has 0 bridgehead atoms. The summed E-state index contributed by atoms with van der Waals surface area (Å²) in [5, 5.41) is 175. The van der Waals surface area contributed by atoms with E-state index in [0.29, 0.717) is 44.9 Å². The highest BCUT2D eigenvalue weighted by Crippen LogP contribution is 2.76. The maximum Gasteiger partial charge on any atom is 0.315 e. The highest BCUT2D eigenvalue weighted by Gasteiger charge is 2.74. The van der Waals surface area contributed by atoms with E-state index < -0.39 is 230 Å². The Balaban J connectivity index is 0.860. The summed E-state index contributed by atoms with van der Waals surface area (Å²) in [4.78, 5) is 29.9. The highest BCUT2D eigenvalue weighted by molar-refractivity contribution is 5.79. The zero-order valence-corrected chi connectivity index (χ0v) is 51.5. The number of aliphatic hydroxyl groups is 16. The third-order valence-electron chi connectivity index (χ3n) is 23.3. The molecule has 5 aliphatic heterocycles. The van der Waals surface area contributed by atoms with Gasteiger partial charge in [-0.05, 0) is 113 Å². The molecule has 0 amide bonds. The topological polar surface area (TPSA) is 459 Å². The Bertz CT molecular complexity index is 2530. The average Bonchev–Trinajstić information content (AvgIpc) is 0.694. The van der Waals surface area contributed by atoms with Crippen LogP contribution in [-0.2, 0) is 61.7 Å². The molecule has 5 saturated heterocycles. The Morgan fingerprint density at radius 2 is 1.10 bits per heavy atom. The summed E-state index contributed by atoms with van der Waals surface area (Å²) in [5.74, 6) is -2.73. The molecule has 510 valence electrons. The van der Waals surface area contributed by atoms with E-state index in [4.69, 9.17) is 52.1 Å². The van der Waals surface area contributed by atoms with Gasteiger partial charge in [0, 0.05) is 5.41 Å². The lowest BCUT2D eigenvalue weighted by Gasteiger charge is -2.71. The van der Waals surface area contributed by atoms with Crippen molar-refractivity contribution in [2.45, 2.75) is 266 Å². The molecule has 89 heavy (non-hydrogen) atoms. The van der Waals surface area contributed by atoms with Crippen molar-refractivity contribution in [2.24, 2.45) is 50.2 Å². The SMILES string of the molecule is COC(=O)[C@@]1(C)[C@@H]2CC[C@]3(C)[C@H](CC=C4[C@@H]5CC(C)(C)CC[C@]5(C(=O)O[C@@H]5O[C@H](C)[C@H](O)[C@H](O)[C@H]5O[C@@H]5O[C@@H](C)[C@H](O[C@@H]6OC[C@@H](O[C@@H]7O[C@H](CO)[C@H](O)[C@H](O)[C@H]7O)[C@H](O)[C@H]6O)[C@@H](O)[C@H]5O)CC[C@]43CO)[C@@]2(C)C[C@H](O)[C@@H]1O[C@@H]1O[C@H](CO)[C@@H](O)[C@H](O)[C@H]1O. The summed E-state index contributed by atoms with van der Waals surface area (Å²) in [6, 6.07) is 0. The molecule has 0 spiro atoms. The second-order valence-electron chi connectivity index (χ2n) is 28.6. The normalized spacial score (nSPS) is 54.1. The van der Waals surface area contributed by atoms with Crippen molar-refractivity contribution in [1.29, 1.82) is 0 Å². The smallest absolute Gasteiger partial charge is 0.315 e. The van der Waals surface area contributed by atoms with Crippen molar-refractivity contribution in [1.82, 2.24) is 0 Å². The third kappa shape index (κ3) is 11.4. The maximum absolute atomic E-state index is 15.6. The fourth-order valence-corrected chi connectivity index (χ4v) is 18.0. The molecule has 0 unspecified atom stereocenters. The molecule has 29 heteroatoms. The summed E-state index contributed by atoms with van der Waals surface area (Å²) < 4.78 is 64.7. The first-order valence-electron chi connectivity index (χ1n) is 31.3. The zero-order valence-electron chi connectivity index (χ0n) is 51.5. The number of ether oxygens (including phenoxy) is 11. The van der Waals surface area contributed by atoms with Gasteiger partial charge in [0.25, 0.3) is 0 Å². The number of hydrogen-bond donors (Lipinski definition) is 16. The van der Waals surface area contributed by atoms with Crippen LogP contribution in [-0.4, -0.2) is 287 Å². The molecular formula is C60H96O29. The number of carbonyl (C=O) groups excluding carboxylic acids is 2. The van der Waals surface area contributed by atoms with Crippen LogP contribution >= 0.6 is 0 Å². The van der Waals surface area contributed by atoms with E-state index in [2.05, 4.69) is 26.8 Å². The number of aliphatic hydroxyl groups excluding tert-OH is 16. The lowest BCUT2D eigenvalue weighted by molar-refractivity contribution is -0.378. The zero-order chi connectivity index (χ0) is 65.2. The van der Waals surface area contributed by atoms with Crippen LogP contribution in [0.25, 0.3) is 0 Å². The van der Waals surface area contributed by atoms with Crippen LogP contribution in [0.1, 0.15) is 106 Å². The minimum Gasteiger partial charge on any atom is -0.469 e. The first-order chi connectivity index (χ1) is 41.8. The van der Waals surface area contributed by atoms with Crippen LogP contribution in [0.4, 0.5) is 0 Å². The molecular weight excluding hydrogens is 1180 g/mol. The Hall–Kier alpha value is -2.32. The number of allylic oxidation sites excluding steroid dienone is 1. The third-order valence-corrected chi connectivity index (χ3v) is 23.3. The van der Waals surface area contributed by atoms with Gasteiger partial charge in [-0.25, -0.2) is 0 Å². The summed E-state index contributed by atoms with van der Waals surface area (Å²) in [6.45, 7) is 10.6. The van der Waals surface area contributed by atoms with E-state index in [1.54, 1.807) is 6.92 Å². The van der Waals surface area contributed by atoms with Crippen molar-refractivity contribution in [3.05, 3.63) is 11.6 Å². The Labute approximate surface area is 515 Å². The summed E-state index contributed by atoms with van der Waals surface area (Å²) >= 11 is 0. The number of rotatable bonds is 14. The molecule has 34 atom stereocenters. The Kier molecular flexibility index (Phi) is 20.1. The van der Waals surface area contributed by atoms with Crippen molar-refractivity contribution >= 4 is 11.9 Å². The average molecular weight is 1280 g/mol. The fraction of sp³-hybridized carbons (Fsp3) is 0.933. The molecule has 5 heterocycles. The lowest BCUT2D eigenvalue weighted by Crippen LogP contribution is -2.71. The minimum atomic E-state index is -1.99. The molecule has 9 fully saturated rings. The molecule has 4 saturated carbocycles. The van der Waals surface area contributed by atoms with Gasteiger partial charge in [0.05, 0.1) is 62.7 Å². The van der Waals surface area contributed by atoms with E-state index >= 15 is 4.79 Å². The maximum atomic E-state index is 15.6. The highest BCUT2D eigenvalue weighted by atomic mass is 16.8.